The van der Waals surface area contributed by atoms with Crippen LogP contribution in [0.3, 0.4) is 0 Å². The lowest BCUT2D eigenvalue weighted by atomic mass is 9.98. The molecule has 0 bridgehead atoms. The summed E-state index contributed by atoms with van der Waals surface area (Å²) in [5, 5.41) is 6.16. The van der Waals surface area contributed by atoms with Crippen LogP contribution in [0.2, 0.25) is 0 Å². The highest BCUT2D eigenvalue weighted by Gasteiger charge is 2.33. The molecule has 9 nitrogen and oxygen atoms in total. The van der Waals surface area contributed by atoms with Crippen molar-refractivity contribution < 1.29 is 28.4 Å². The van der Waals surface area contributed by atoms with Crippen LogP contribution in [0.4, 0.5) is 10.7 Å². The fourth-order valence-electron chi connectivity index (χ4n) is 2.63. The van der Waals surface area contributed by atoms with Crippen molar-refractivity contribution in [3.8, 4) is 0 Å². The van der Waals surface area contributed by atoms with Crippen LogP contribution >= 0.6 is 0 Å². The van der Waals surface area contributed by atoms with E-state index in [2.05, 4.69) is 10.5 Å². The smallest absolute Gasteiger partial charge is 0.410 e. The molecule has 0 radical (unpaired) electrons. The van der Waals surface area contributed by atoms with Crippen molar-refractivity contribution in [1.82, 2.24) is 10.1 Å². The summed E-state index contributed by atoms with van der Waals surface area (Å²) < 4.78 is 15.5. The van der Waals surface area contributed by atoms with Gasteiger partial charge in [-0.1, -0.05) is 5.16 Å². The summed E-state index contributed by atoms with van der Waals surface area (Å²) >= 11 is 0. The Balaban J connectivity index is 1.86. The second-order valence-electron chi connectivity index (χ2n) is 7.67. The van der Waals surface area contributed by atoms with Crippen LogP contribution in [0.1, 0.15) is 46.2 Å². The van der Waals surface area contributed by atoms with E-state index >= 15 is 0 Å². The standard InChI is InChI=1S/C18H27N3O6/c1-11-9-14(27-20-11)19-15(22)12(2)25-16(23)13-7-6-8-21(10-13)17(24)26-18(3,4)5/h9,12-13H,6-8,10H2,1-5H3,(H,19,22). The summed E-state index contributed by atoms with van der Waals surface area (Å²) in [6, 6.07) is 1.56. The molecule has 0 saturated carbocycles. The number of ether oxygens (including phenoxy) is 2. The Morgan fingerprint density at radius 1 is 1.37 bits per heavy atom. The maximum absolute atomic E-state index is 12.4. The summed E-state index contributed by atoms with van der Waals surface area (Å²) in [5.74, 6) is -1.33. The van der Waals surface area contributed by atoms with Gasteiger partial charge in [0.15, 0.2) is 6.10 Å². The van der Waals surface area contributed by atoms with Gasteiger partial charge in [0.25, 0.3) is 5.91 Å². The Morgan fingerprint density at radius 3 is 2.67 bits per heavy atom. The van der Waals surface area contributed by atoms with Crippen LogP contribution in [-0.2, 0) is 19.1 Å². The van der Waals surface area contributed by atoms with Gasteiger partial charge >= 0.3 is 12.1 Å². The molecule has 2 atom stereocenters. The Hall–Kier alpha value is -2.58. The fourth-order valence-corrected chi connectivity index (χ4v) is 2.63. The Labute approximate surface area is 158 Å². The van der Waals surface area contributed by atoms with E-state index in [4.69, 9.17) is 14.0 Å². The predicted octanol–water partition coefficient (Wildman–Crippen LogP) is 2.50. The molecular formula is C18H27N3O6. The van der Waals surface area contributed by atoms with Crippen molar-refractivity contribution in [1.29, 1.82) is 0 Å². The summed E-state index contributed by atoms with van der Waals surface area (Å²) in [7, 11) is 0. The number of aromatic nitrogens is 1. The summed E-state index contributed by atoms with van der Waals surface area (Å²) in [4.78, 5) is 38.2. The monoisotopic (exact) mass is 381 g/mol. The predicted molar refractivity (Wildman–Crippen MR) is 96.0 cm³/mol. The zero-order valence-electron chi connectivity index (χ0n) is 16.4. The number of rotatable bonds is 4. The minimum atomic E-state index is -1.00. The van der Waals surface area contributed by atoms with Crippen molar-refractivity contribution in [2.75, 3.05) is 18.4 Å². The van der Waals surface area contributed by atoms with Gasteiger partial charge in [-0.05, 0) is 47.5 Å². The number of hydrogen-bond acceptors (Lipinski definition) is 7. The minimum Gasteiger partial charge on any atom is -0.452 e. The molecule has 0 aliphatic carbocycles. The quantitative estimate of drug-likeness (QED) is 0.798. The molecular weight excluding hydrogens is 354 g/mol. The minimum absolute atomic E-state index is 0.189. The maximum Gasteiger partial charge on any atom is 0.410 e. The molecule has 1 saturated heterocycles. The van der Waals surface area contributed by atoms with Gasteiger partial charge in [-0.3, -0.25) is 14.9 Å². The van der Waals surface area contributed by atoms with Crippen molar-refractivity contribution >= 4 is 23.9 Å². The zero-order valence-corrected chi connectivity index (χ0v) is 16.4. The van der Waals surface area contributed by atoms with Crippen molar-refractivity contribution in [2.24, 2.45) is 5.92 Å². The number of hydrogen-bond donors (Lipinski definition) is 1. The van der Waals surface area contributed by atoms with Crippen molar-refractivity contribution in [3.63, 3.8) is 0 Å². The highest BCUT2D eigenvalue weighted by Crippen LogP contribution is 2.21. The van der Waals surface area contributed by atoms with Gasteiger partial charge in [0.05, 0.1) is 11.6 Å². The number of likely N-dealkylation sites (tertiary alicyclic amines) is 1. The first-order valence-corrected chi connectivity index (χ1v) is 8.98. The van der Waals surface area contributed by atoms with Crippen LogP contribution in [0.5, 0.6) is 0 Å². The van der Waals surface area contributed by atoms with Gasteiger partial charge < -0.3 is 18.9 Å². The lowest BCUT2D eigenvalue weighted by Crippen LogP contribution is -2.45. The maximum atomic E-state index is 12.4. The SMILES string of the molecule is Cc1cc(NC(=O)C(C)OC(=O)C2CCCN(C(=O)OC(C)(C)C)C2)on1. The van der Waals surface area contributed by atoms with Gasteiger partial charge in [-0.25, -0.2) is 4.79 Å². The molecule has 0 spiro atoms. The summed E-state index contributed by atoms with van der Waals surface area (Å²) in [5.41, 5.74) is 0.0234. The third-order valence-electron chi connectivity index (χ3n) is 3.94. The molecule has 2 amide bonds. The molecule has 2 rings (SSSR count). The van der Waals surface area contributed by atoms with Crippen LogP contribution in [0.25, 0.3) is 0 Å². The number of amides is 2. The van der Waals surface area contributed by atoms with Crippen LogP contribution < -0.4 is 5.32 Å². The molecule has 1 aromatic heterocycles. The Bertz CT molecular complexity index is 694. The molecule has 0 aromatic carbocycles. The highest BCUT2D eigenvalue weighted by molar-refractivity contribution is 5.94. The Morgan fingerprint density at radius 2 is 2.07 bits per heavy atom. The molecule has 1 aliphatic heterocycles. The lowest BCUT2D eigenvalue weighted by Gasteiger charge is -2.33. The summed E-state index contributed by atoms with van der Waals surface area (Å²) in [6.07, 6.45) is -0.198. The molecule has 150 valence electrons. The van der Waals surface area contributed by atoms with Gasteiger partial charge in [-0.15, -0.1) is 0 Å². The number of aryl methyl sites for hydroxylation is 1. The van der Waals surface area contributed by atoms with E-state index in [1.165, 1.54) is 11.8 Å². The van der Waals surface area contributed by atoms with Gasteiger partial charge in [0.1, 0.15) is 5.60 Å². The molecule has 2 unspecified atom stereocenters. The first-order valence-electron chi connectivity index (χ1n) is 8.98. The highest BCUT2D eigenvalue weighted by atomic mass is 16.6. The van der Waals surface area contributed by atoms with Gasteiger partial charge in [-0.2, -0.15) is 0 Å². The van der Waals surface area contributed by atoms with Crippen LogP contribution in [0.15, 0.2) is 10.6 Å². The average Bonchev–Trinajstić information content (AvgIpc) is 2.98. The van der Waals surface area contributed by atoms with E-state index in [0.29, 0.717) is 25.1 Å². The average molecular weight is 381 g/mol. The molecule has 1 aliphatic rings. The van der Waals surface area contributed by atoms with Gasteiger partial charge in [0, 0.05) is 19.2 Å². The first-order chi connectivity index (χ1) is 12.5. The molecule has 2 heterocycles. The lowest BCUT2D eigenvalue weighted by molar-refractivity contribution is -0.158. The van der Waals surface area contributed by atoms with E-state index in [1.807, 2.05) is 0 Å². The van der Waals surface area contributed by atoms with E-state index < -0.39 is 35.6 Å². The largest absolute Gasteiger partial charge is 0.452 e. The Kier molecular flexibility index (Phi) is 6.45. The van der Waals surface area contributed by atoms with Gasteiger partial charge in [0.2, 0.25) is 5.88 Å². The number of nitrogens with one attached hydrogen (secondary N) is 1. The van der Waals surface area contributed by atoms with E-state index in [9.17, 15) is 14.4 Å². The topological polar surface area (TPSA) is 111 Å². The number of anilines is 1. The molecule has 1 N–H and O–H groups in total. The molecule has 1 fully saturated rings. The van der Waals surface area contributed by atoms with Crippen molar-refractivity contribution in [2.45, 2.75) is 59.2 Å². The van der Waals surface area contributed by atoms with Crippen LogP contribution in [0, 0.1) is 12.8 Å². The number of nitrogens with zero attached hydrogens (tertiary/aromatic N) is 2. The van der Waals surface area contributed by atoms with E-state index in [-0.39, 0.29) is 12.4 Å². The third kappa shape index (κ3) is 6.26. The number of piperidine rings is 1. The second-order valence-corrected chi connectivity index (χ2v) is 7.67. The van der Waals surface area contributed by atoms with E-state index in [0.717, 1.165) is 0 Å². The number of carbonyl (C=O) groups excluding carboxylic acids is 3. The second kappa shape index (κ2) is 8.41. The van der Waals surface area contributed by atoms with Crippen LogP contribution in [-0.4, -0.2) is 52.8 Å². The normalized spacial score (nSPS) is 18.6. The zero-order chi connectivity index (χ0) is 20.2. The third-order valence-corrected chi connectivity index (χ3v) is 3.94. The molecule has 9 heteroatoms. The van der Waals surface area contributed by atoms with E-state index in [1.54, 1.807) is 33.8 Å². The number of esters is 1. The fraction of sp³-hybridized carbons (Fsp3) is 0.667. The molecule has 27 heavy (non-hydrogen) atoms. The summed E-state index contributed by atoms with van der Waals surface area (Å²) in [6.45, 7) is 9.31. The van der Waals surface area contributed by atoms with Crippen molar-refractivity contribution in [3.05, 3.63) is 11.8 Å². The number of carbonyl (C=O) groups is 3. The first kappa shape index (κ1) is 20.7. The molecule has 1 aromatic rings.